The first-order chi connectivity index (χ1) is 18.0. The highest BCUT2D eigenvalue weighted by molar-refractivity contribution is 7.20. The lowest BCUT2D eigenvalue weighted by Gasteiger charge is -2.26. The van der Waals surface area contributed by atoms with E-state index < -0.39 is 5.97 Å². The number of anilines is 1. The van der Waals surface area contributed by atoms with Crippen molar-refractivity contribution in [3.8, 4) is 5.69 Å². The molecule has 1 aliphatic heterocycles. The van der Waals surface area contributed by atoms with Crippen LogP contribution in [0.5, 0.6) is 0 Å². The quantitative estimate of drug-likeness (QED) is 0.297. The number of allylic oxidation sites excluding steroid dienone is 1. The second kappa shape index (κ2) is 11.1. The molecule has 1 aromatic heterocycles. The van der Waals surface area contributed by atoms with Crippen molar-refractivity contribution in [3.63, 3.8) is 0 Å². The highest BCUT2D eigenvalue weighted by Crippen LogP contribution is 2.52. The lowest BCUT2D eigenvalue weighted by atomic mass is 9.94. The Labute approximate surface area is 221 Å². The molecular formula is C30H37N4O2P. The molecule has 0 spiro atoms. The molecular weight excluding hydrogens is 479 g/mol. The van der Waals surface area contributed by atoms with Crippen molar-refractivity contribution in [2.75, 3.05) is 12.0 Å². The molecule has 0 amide bonds. The van der Waals surface area contributed by atoms with E-state index in [-0.39, 0.29) is 11.8 Å². The average Bonchev–Trinajstić information content (AvgIpc) is 3.60. The molecule has 4 N–H and O–H groups in total. The highest BCUT2D eigenvalue weighted by atomic mass is 31.0. The Bertz CT molecular complexity index is 1300. The van der Waals surface area contributed by atoms with E-state index in [1.807, 2.05) is 16.6 Å². The summed E-state index contributed by atoms with van der Waals surface area (Å²) < 4.78 is 2.04. The van der Waals surface area contributed by atoms with Gasteiger partial charge in [0, 0.05) is 48.2 Å². The van der Waals surface area contributed by atoms with E-state index in [1.54, 1.807) is 6.07 Å². The zero-order valence-electron chi connectivity index (χ0n) is 21.4. The molecule has 7 heteroatoms. The van der Waals surface area contributed by atoms with Crippen molar-refractivity contribution < 1.29 is 9.90 Å². The minimum atomic E-state index is -0.894. The van der Waals surface area contributed by atoms with Crippen molar-refractivity contribution in [1.82, 2.24) is 9.58 Å². The Morgan fingerprint density at radius 2 is 2.05 bits per heavy atom. The molecule has 2 aromatic carbocycles. The molecule has 0 radical (unpaired) electrons. The number of aromatic carboxylic acids is 1. The molecule has 1 saturated carbocycles. The van der Waals surface area contributed by atoms with E-state index in [0.717, 1.165) is 43.0 Å². The third-order valence-corrected chi connectivity index (χ3v) is 8.11. The lowest BCUT2D eigenvalue weighted by Crippen LogP contribution is -2.33. The fourth-order valence-electron chi connectivity index (χ4n) is 5.74. The first-order valence-corrected chi connectivity index (χ1v) is 14.0. The molecule has 6 nitrogen and oxygen atoms in total. The number of aromatic nitrogens is 1. The molecule has 0 bridgehead atoms. The molecule has 37 heavy (non-hydrogen) atoms. The van der Waals surface area contributed by atoms with Gasteiger partial charge < -0.3 is 20.8 Å². The molecule has 194 valence electrons. The van der Waals surface area contributed by atoms with Crippen LogP contribution in [0.15, 0.2) is 72.3 Å². The standard InChI is InChI=1S/C30H37N4O2P/c1-2-3-7-20-14-22-9-4-5-11-28(22)32-33(17-20)18-21-8-6-10-23(15-21)34-13-12-24(30(35)36)29(34)26-16-25(26)27(31)19-37/h4-6,8-13,15,19-20,25-26,32H,2-3,7,14,16-18,31,37H2,1H3,(H,35,36)/b27-19-/t20-,25?,26+/m0/s1. The molecule has 2 unspecified atom stereocenters. The van der Waals surface area contributed by atoms with Gasteiger partial charge in [0.15, 0.2) is 0 Å². The van der Waals surface area contributed by atoms with Crippen molar-refractivity contribution in [2.24, 2.45) is 17.6 Å². The van der Waals surface area contributed by atoms with Crippen LogP contribution in [-0.4, -0.2) is 27.2 Å². The van der Waals surface area contributed by atoms with Gasteiger partial charge in [-0.3, -0.25) is 0 Å². The fraction of sp³-hybridized carbons (Fsp3) is 0.367. The van der Waals surface area contributed by atoms with Crippen LogP contribution in [0.3, 0.4) is 0 Å². The number of nitrogens with two attached hydrogens (primary N) is 1. The van der Waals surface area contributed by atoms with E-state index in [0.29, 0.717) is 11.5 Å². The predicted octanol–water partition coefficient (Wildman–Crippen LogP) is 6.15. The van der Waals surface area contributed by atoms with E-state index in [9.17, 15) is 9.90 Å². The minimum Gasteiger partial charge on any atom is -0.478 e. The van der Waals surface area contributed by atoms with Crippen LogP contribution in [-0.2, 0) is 13.0 Å². The summed E-state index contributed by atoms with van der Waals surface area (Å²) in [7, 11) is 2.56. The van der Waals surface area contributed by atoms with Gasteiger partial charge in [0.25, 0.3) is 0 Å². The molecule has 4 atom stereocenters. The summed E-state index contributed by atoms with van der Waals surface area (Å²) >= 11 is 0. The second-order valence-corrected chi connectivity index (χ2v) is 10.8. The fourth-order valence-corrected chi connectivity index (χ4v) is 5.99. The van der Waals surface area contributed by atoms with Crippen molar-refractivity contribution in [1.29, 1.82) is 0 Å². The number of hydrogen-bond acceptors (Lipinski definition) is 4. The summed E-state index contributed by atoms with van der Waals surface area (Å²) in [6.07, 6.45) is 7.54. The highest BCUT2D eigenvalue weighted by Gasteiger charge is 2.44. The van der Waals surface area contributed by atoms with Gasteiger partial charge >= 0.3 is 5.97 Å². The van der Waals surface area contributed by atoms with Gasteiger partial charge in [-0.25, -0.2) is 9.80 Å². The van der Waals surface area contributed by atoms with Crippen LogP contribution in [0.2, 0.25) is 0 Å². The average molecular weight is 517 g/mol. The molecule has 5 rings (SSSR count). The first-order valence-electron chi connectivity index (χ1n) is 13.3. The number of carbonyl (C=O) groups is 1. The molecule has 0 saturated heterocycles. The number of nitrogens with zero attached hydrogens (tertiary/aromatic N) is 2. The number of carboxylic acids is 1. The number of hydrazine groups is 1. The summed E-state index contributed by atoms with van der Waals surface area (Å²) in [5, 5.41) is 12.2. The summed E-state index contributed by atoms with van der Waals surface area (Å²) in [5.41, 5.74) is 16.6. The largest absolute Gasteiger partial charge is 0.478 e. The van der Waals surface area contributed by atoms with Crippen LogP contribution >= 0.6 is 9.24 Å². The third-order valence-electron chi connectivity index (χ3n) is 7.73. The van der Waals surface area contributed by atoms with Gasteiger partial charge in [-0.2, -0.15) is 0 Å². The minimum absolute atomic E-state index is 0.115. The summed E-state index contributed by atoms with van der Waals surface area (Å²) in [6.45, 7) is 4.01. The number of hydrogen-bond donors (Lipinski definition) is 3. The third kappa shape index (κ3) is 5.61. The molecule has 3 aromatic rings. The maximum absolute atomic E-state index is 12.0. The Hall–Kier alpha value is -3.08. The monoisotopic (exact) mass is 516 g/mol. The Morgan fingerprint density at radius 3 is 2.84 bits per heavy atom. The van der Waals surface area contributed by atoms with Gasteiger partial charge in [0.2, 0.25) is 0 Å². The summed E-state index contributed by atoms with van der Waals surface area (Å²) in [4.78, 5) is 12.0. The number of carboxylic acid groups (broad SMARTS) is 1. The van der Waals surface area contributed by atoms with E-state index in [1.165, 1.54) is 36.1 Å². The second-order valence-electron chi connectivity index (χ2n) is 10.4. The van der Waals surface area contributed by atoms with Crippen LogP contribution in [0.4, 0.5) is 5.69 Å². The zero-order chi connectivity index (χ0) is 25.9. The molecule has 1 fully saturated rings. The predicted molar refractivity (Wildman–Crippen MR) is 153 cm³/mol. The number of unbranched alkanes of at least 4 members (excludes halogenated alkanes) is 1. The van der Waals surface area contributed by atoms with Gasteiger partial charge in [0.05, 0.1) is 11.3 Å². The van der Waals surface area contributed by atoms with Gasteiger partial charge in [-0.05, 0) is 66.4 Å². The van der Waals surface area contributed by atoms with Crippen LogP contribution < -0.4 is 11.2 Å². The van der Waals surface area contributed by atoms with Crippen LogP contribution in [0.25, 0.3) is 5.69 Å². The van der Waals surface area contributed by atoms with Gasteiger partial charge in [-0.1, -0.05) is 50.1 Å². The summed E-state index contributed by atoms with van der Waals surface area (Å²) in [6, 6.07) is 18.8. The maximum Gasteiger partial charge on any atom is 0.337 e. The van der Waals surface area contributed by atoms with Crippen molar-refractivity contribution >= 4 is 20.9 Å². The van der Waals surface area contributed by atoms with Crippen molar-refractivity contribution in [3.05, 3.63) is 94.7 Å². The first kappa shape index (κ1) is 25.6. The van der Waals surface area contributed by atoms with E-state index in [2.05, 4.69) is 75.1 Å². The number of nitrogens with one attached hydrogen (secondary N) is 1. The van der Waals surface area contributed by atoms with Crippen molar-refractivity contribution in [2.45, 2.75) is 51.5 Å². The number of rotatable bonds is 9. The Kier molecular flexibility index (Phi) is 7.68. The van der Waals surface area contributed by atoms with Gasteiger partial charge in [0.1, 0.15) is 0 Å². The molecule has 2 heterocycles. The van der Waals surface area contributed by atoms with Gasteiger partial charge in [-0.15, -0.1) is 9.24 Å². The van der Waals surface area contributed by atoms with E-state index in [4.69, 9.17) is 5.73 Å². The Morgan fingerprint density at radius 1 is 1.22 bits per heavy atom. The summed E-state index contributed by atoms with van der Waals surface area (Å²) in [5.74, 6) is 1.86. The maximum atomic E-state index is 12.0. The SMILES string of the molecule is CCCC[C@H]1Cc2ccccc2NN(Cc2cccc(-n3ccc(C(=O)O)c3[C@@H]3CC3/C(N)=C/P)c2)C1. The molecule has 2 aliphatic rings. The topological polar surface area (TPSA) is 83.5 Å². The number of fused-ring (bicyclic) bond motifs is 1. The molecule has 1 aliphatic carbocycles. The Balaban J connectivity index is 1.41. The normalized spacial score (nSPS) is 21.7. The van der Waals surface area contributed by atoms with Crippen LogP contribution in [0.1, 0.15) is 65.7 Å². The number of benzene rings is 2. The number of para-hydroxylation sites is 1. The lowest BCUT2D eigenvalue weighted by molar-refractivity contribution is 0.0695. The van der Waals surface area contributed by atoms with Crippen LogP contribution in [0, 0.1) is 11.8 Å². The van der Waals surface area contributed by atoms with E-state index >= 15 is 0 Å². The smallest absolute Gasteiger partial charge is 0.337 e. The zero-order valence-corrected chi connectivity index (χ0v) is 22.6.